The number of hydrogen-bond donors (Lipinski definition) is 1. The second kappa shape index (κ2) is 9.01. The molecule has 1 aromatic heterocycles. The highest BCUT2D eigenvalue weighted by atomic mass is 19.4. The lowest BCUT2D eigenvalue weighted by Crippen LogP contribution is -2.10. The summed E-state index contributed by atoms with van der Waals surface area (Å²) in [5.41, 5.74) is -0.0843. The van der Waals surface area contributed by atoms with E-state index in [9.17, 15) is 36.2 Å². The Balaban J connectivity index is 1.55. The maximum atomic E-state index is 12.8. The summed E-state index contributed by atoms with van der Waals surface area (Å²) >= 11 is 0. The number of carbonyl (C=O) groups is 1. The van der Waals surface area contributed by atoms with E-state index in [1.807, 2.05) is 0 Å². The molecule has 0 bridgehead atoms. The summed E-state index contributed by atoms with van der Waals surface area (Å²) < 4.78 is 83.6. The number of ether oxygens (including phenoxy) is 1. The highest BCUT2D eigenvalue weighted by Gasteiger charge is 2.30. The number of rotatable bonds is 6. The fourth-order valence-corrected chi connectivity index (χ4v) is 3.62. The Morgan fingerprint density at radius 2 is 1.31 bits per heavy atom. The number of halogens is 6. The first-order valence-corrected chi connectivity index (χ1v) is 10.2. The summed E-state index contributed by atoms with van der Waals surface area (Å²) in [5.74, 6) is -0.832. The molecule has 4 rings (SSSR count). The van der Waals surface area contributed by atoms with Crippen molar-refractivity contribution in [1.82, 2.24) is 4.57 Å². The van der Waals surface area contributed by atoms with Gasteiger partial charge in [-0.05, 0) is 59.7 Å². The van der Waals surface area contributed by atoms with Gasteiger partial charge in [-0.25, -0.2) is 4.79 Å². The molecule has 0 fully saturated rings. The highest BCUT2D eigenvalue weighted by molar-refractivity contribution is 5.95. The summed E-state index contributed by atoms with van der Waals surface area (Å²) in [6.07, 6.45) is -8.90. The predicted molar refractivity (Wildman–Crippen MR) is 115 cm³/mol. The zero-order valence-corrected chi connectivity index (χ0v) is 17.8. The largest absolute Gasteiger partial charge is 0.489 e. The molecular weight excluding hydrogens is 476 g/mol. The molecule has 0 aliphatic carbocycles. The molecule has 0 radical (unpaired) electrons. The van der Waals surface area contributed by atoms with Crippen molar-refractivity contribution < 1.29 is 41.0 Å². The third kappa shape index (κ3) is 5.42. The SMILES string of the molecule is O=C(O)c1cc2cc(OCc3ccc(C(F)(F)F)cc3)ccc2n1Cc1ccc(C(F)(F)F)cc1. The highest BCUT2D eigenvalue weighted by Crippen LogP contribution is 2.31. The summed E-state index contributed by atoms with van der Waals surface area (Å²) in [5, 5.41) is 10.1. The fraction of sp³-hybridized carbons (Fsp3) is 0.160. The summed E-state index contributed by atoms with van der Waals surface area (Å²) in [6.45, 7) is 0.0384. The Hall–Kier alpha value is -3.95. The summed E-state index contributed by atoms with van der Waals surface area (Å²) in [6, 6.07) is 15.2. The lowest BCUT2D eigenvalue weighted by Gasteiger charge is -2.12. The Morgan fingerprint density at radius 3 is 1.83 bits per heavy atom. The molecule has 4 nitrogen and oxygen atoms in total. The zero-order valence-electron chi connectivity index (χ0n) is 17.8. The van der Waals surface area contributed by atoms with E-state index in [4.69, 9.17) is 4.74 Å². The maximum Gasteiger partial charge on any atom is 0.416 e. The molecule has 35 heavy (non-hydrogen) atoms. The molecule has 10 heteroatoms. The molecule has 0 unspecified atom stereocenters. The molecule has 0 atom stereocenters. The van der Waals surface area contributed by atoms with Gasteiger partial charge in [0.05, 0.1) is 11.1 Å². The van der Waals surface area contributed by atoms with Gasteiger partial charge in [-0.1, -0.05) is 24.3 Å². The molecule has 0 amide bonds. The number of nitrogens with zero attached hydrogens (tertiary/aromatic N) is 1. The van der Waals surface area contributed by atoms with Crippen molar-refractivity contribution in [2.45, 2.75) is 25.5 Å². The van der Waals surface area contributed by atoms with E-state index in [1.54, 1.807) is 18.2 Å². The Morgan fingerprint density at radius 1 is 0.771 bits per heavy atom. The van der Waals surface area contributed by atoms with Gasteiger partial charge in [0.25, 0.3) is 0 Å². The monoisotopic (exact) mass is 493 g/mol. The quantitative estimate of drug-likeness (QED) is 0.294. The van der Waals surface area contributed by atoms with E-state index in [-0.39, 0.29) is 18.8 Å². The number of hydrogen-bond acceptors (Lipinski definition) is 2. The fourth-order valence-electron chi connectivity index (χ4n) is 3.62. The van der Waals surface area contributed by atoms with Gasteiger partial charge in [0.2, 0.25) is 0 Å². The molecule has 0 aliphatic heterocycles. The maximum absolute atomic E-state index is 12.8. The van der Waals surface area contributed by atoms with E-state index in [0.717, 1.165) is 24.3 Å². The van der Waals surface area contributed by atoms with Gasteiger partial charge in [0, 0.05) is 17.4 Å². The Labute approximate surface area is 195 Å². The van der Waals surface area contributed by atoms with Crippen molar-refractivity contribution in [1.29, 1.82) is 0 Å². The number of fused-ring (bicyclic) bond motifs is 1. The van der Waals surface area contributed by atoms with Crippen molar-refractivity contribution >= 4 is 16.9 Å². The summed E-state index contributed by atoms with van der Waals surface area (Å²) in [7, 11) is 0. The van der Waals surface area contributed by atoms with Crippen molar-refractivity contribution in [3.63, 3.8) is 0 Å². The molecular formula is C25H17F6NO3. The van der Waals surface area contributed by atoms with Crippen LogP contribution >= 0.6 is 0 Å². The van der Waals surface area contributed by atoms with Crippen LogP contribution in [-0.2, 0) is 25.5 Å². The van der Waals surface area contributed by atoms with E-state index < -0.39 is 29.4 Å². The van der Waals surface area contributed by atoms with Gasteiger partial charge in [-0.15, -0.1) is 0 Å². The smallest absolute Gasteiger partial charge is 0.416 e. The van der Waals surface area contributed by atoms with Crippen LogP contribution in [0.5, 0.6) is 5.75 Å². The van der Waals surface area contributed by atoms with Crippen LogP contribution in [0.1, 0.15) is 32.7 Å². The van der Waals surface area contributed by atoms with E-state index in [2.05, 4.69) is 0 Å². The van der Waals surface area contributed by atoms with E-state index in [0.29, 0.717) is 27.8 Å². The first-order chi connectivity index (χ1) is 16.4. The number of aromatic nitrogens is 1. The lowest BCUT2D eigenvalue weighted by molar-refractivity contribution is -0.138. The molecule has 0 saturated heterocycles. The molecule has 1 N–H and O–H groups in total. The minimum atomic E-state index is -4.47. The first kappa shape index (κ1) is 24.2. The van der Waals surface area contributed by atoms with Gasteiger partial charge < -0.3 is 14.4 Å². The molecule has 4 aromatic rings. The molecule has 0 spiro atoms. The minimum Gasteiger partial charge on any atom is -0.489 e. The average Bonchev–Trinajstić information content (AvgIpc) is 3.15. The second-order valence-electron chi connectivity index (χ2n) is 7.82. The van der Waals surface area contributed by atoms with Crippen LogP contribution in [0, 0.1) is 0 Å². The molecule has 0 saturated carbocycles. The van der Waals surface area contributed by atoms with Gasteiger partial charge in [-0.3, -0.25) is 0 Å². The van der Waals surface area contributed by atoms with E-state index >= 15 is 0 Å². The van der Waals surface area contributed by atoms with Crippen LogP contribution in [0.15, 0.2) is 72.8 Å². The second-order valence-corrected chi connectivity index (χ2v) is 7.82. The molecule has 182 valence electrons. The first-order valence-electron chi connectivity index (χ1n) is 10.2. The zero-order chi connectivity index (χ0) is 25.4. The average molecular weight is 493 g/mol. The Kier molecular flexibility index (Phi) is 6.23. The van der Waals surface area contributed by atoms with Crippen molar-refractivity contribution in [2.75, 3.05) is 0 Å². The van der Waals surface area contributed by atoms with Gasteiger partial charge >= 0.3 is 18.3 Å². The third-order valence-electron chi connectivity index (χ3n) is 5.40. The molecule has 1 heterocycles. The van der Waals surface area contributed by atoms with Crippen LogP contribution in [-0.4, -0.2) is 15.6 Å². The van der Waals surface area contributed by atoms with Gasteiger partial charge in [0.15, 0.2) is 0 Å². The topological polar surface area (TPSA) is 51.5 Å². The number of carboxylic acid groups (broad SMARTS) is 1. The Bertz CT molecular complexity index is 1350. The third-order valence-corrected chi connectivity index (χ3v) is 5.40. The number of aromatic carboxylic acids is 1. The summed E-state index contributed by atoms with van der Waals surface area (Å²) in [4.78, 5) is 11.8. The van der Waals surface area contributed by atoms with Crippen LogP contribution in [0.2, 0.25) is 0 Å². The number of alkyl halides is 6. The molecule has 0 aliphatic rings. The van der Waals surface area contributed by atoms with Crippen LogP contribution < -0.4 is 4.74 Å². The standard InChI is InChI=1S/C25H17F6NO3/c26-24(27,28)18-5-1-15(2-6-18)13-32-21-10-9-20(11-17(21)12-22(32)23(33)34)35-14-16-3-7-19(8-4-16)25(29,30)31/h1-12H,13-14H2,(H,33,34). The van der Waals surface area contributed by atoms with Crippen LogP contribution in [0.4, 0.5) is 26.3 Å². The van der Waals surface area contributed by atoms with Crippen LogP contribution in [0.25, 0.3) is 10.9 Å². The lowest BCUT2D eigenvalue weighted by atomic mass is 10.1. The van der Waals surface area contributed by atoms with Gasteiger partial charge in [0.1, 0.15) is 18.1 Å². The predicted octanol–water partition coefficient (Wildman–Crippen LogP) is 7.00. The van der Waals surface area contributed by atoms with Gasteiger partial charge in [-0.2, -0.15) is 26.3 Å². The van der Waals surface area contributed by atoms with Crippen LogP contribution in [0.3, 0.4) is 0 Å². The van der Waals surface area contributed by atoms with Crippen molar-refractivity contribution in [3.8, 4) is 5.75 Å². The minimum absolute atomic E-state index is 0.00168. The number of benzene rings is 3. The van der Waals surface area contributed by atoms with Crippen molar-refractivity contribution in [2.24, 2.45) is 0 Å². The normalized spacial score (nSPS) is 12.2. The number of carboxylic acids is 1. The van der Waals surface area contributed by atoms with Crippen molar-refractivity contribution in [3.05, 3.63) is 101 Å². The van der Waals surface area contributed by atoms with E-state index in [1.165, 1.54) is 34.9 Å². The molecule has 3 aromatic carbocycles.